The molecular formula is C18H23N5O5S. The Balaban J connectivity index is 1.62. The first-order valence-corrected chi connectivity index (χ1v) is 11.1. The number of hydrogen-bond acceptors (Lipinski definition) is 8. The molecule has 0 bridgehead atoms. The van der Waals surface area contributed by atoms with Crippen LogP contribution in [0, 0.1) is 0 Å². The number of benzene rings is 1. The van der Waals surface area contributed by atoms with Crippen LogP contribution in [0.3, 0.4) is 0 Å². The van der Waals surface area contributed by atoms with Crippen molar-refractivity contribution in [1.82, 2.24) is 25.1 Å². The van der Waals surface area contributed by atoms with E-state index in [2.05, 4.69) is 15.5 Å². The third-order valence-corrected chi connectivity index (χ3v) is 6.75. The zero-order valence-corrected chi connectivity index (χ0v) is 17.1. The van der Waals surface area contributed by atoms with E-state index in [0.717, 1.165) is 0 Å². The molecule has 0 unspecified atom stereocenters. The topological polar surface area (TPSA) is 124 Å². The average molecular weight is 421 g/mol. The van der Waals surface area contributed by atoms with Crippen LogP contribution in [-0.2, 0) is 19.4 Å². The van der Waals surface area contributed by atoms with Crippen LogP contribution < -0.4 is 0 Å². The molecule has 1 aromatic carbocycles. The number of carbonyl (C=O) groups is 2. The van der Waals surface area contributed by atoms with Crippen molar-refractivity contribution in [1.29, 1.82) is 0 Å². The van der Waals surface area contributed by atoms with E-state index in [-0.39, 0.29) is 35.1 Å². The zero-order chi connectivity index (χ0) is 21.0. The highest BCUT2D eigenvalue weighted by atomic mass is 32.2. The molecule has 0 N–H and O–H groups in total. The van der Waals surface area contributed by atoms with E-state index in [0.29, 0.717) is 18.5 Å². The minimum Gasteiger partial charge on any atom is -0.452 e. The van der Waals surface area contributed by atoms with E-state index in [4.69, 9.17) is 4.74 Å². The standard InChI is InChI=1S/C18H23N5O5S/c1-3-13(2)23(16-8-9-29(26,27)11-16)17(24)10-28-18(25)14-4-6-15(7-5-14)22-12-19-20-21-22/h4-7,12-13,16H,3,8-11H2,1-2H3/t13-,16-/m0/s1. The molecule has 0 radical (unpaired) electrons. The van der Waals surface area contributed by atoms with Crippen molar-refractivity contribution in [3.05, 3.63) is 36.2 Å². The Morgan fingerprint density at radius 3 is 2.59 bits per heavy atom. The van der Waals surface area contributed by atoms with Gasteiger partial charge in [0.2, 0.25) is 0 Å². The van der Waals surface area contributed by atoms with E-state index in [9.17, 15) is 18.0 Å². The fraction of sp³-hybridized carbons (Fsp3) is 0.500. The van der Waals surface area contributed by atoms with Crippen molar-refractivity contribution in [3.8, 4) is 5.69 Å². The summed E-state index contributed by atoms with van der Waals surface area (Å²) in [6.45, 7) is 3.35. The molecule has 10 nitrogen and oxygen atoms in total. The number of sulfone groups is 1. The first kappa shape index (κ1) is 20.9. The van der Waals surface area contributed by atoms with Crippen LogP contribution in [0.25, 0.3) is 5.69 Å². The van der Waals surface area contributed by atoms with Gasteiger partial charge in [-0.1, -0.05) is 6.92 Å². The molecule has 0 aliphatic carbocycles. The fourth-order valence-electron chi connectivity index (χ4n) is 3.32. The highest BCUT2D eigenvalue weighted by Gasteiger charge is 2.36. The Hall–Kier alpha value is -2.82. The van der Waals surface area contributed by atoms with Crippen molar-refractivity contribution in [3.63, 3.8) is 0 Å². The second-order valence-electron chi connectivity index (χ2n) is 6.99. The van der Waals surface area contributed by atoms with Gasteiger partial charge >= 0.3 is 5.97 Å². The second kappa shape index (κ2) is 8.68. The first-order valence-electron chi connectivity index (χ1n) is 9.33. The van der Waals surface area contributed by atoms with Crippen molar-refractivity contribution in [2.24, 2.45) is 0 Å². The minimum absolute atomic E-state index is 0.0460. The Morgan fingerprint density at radius 1 is 1.31 bits per heavy atom. The van der Waals surface area contributed by atoms with E-state index < -0.39 is 22.4 Å². The van der Waals surface area contributed by atoms with Gasteiger partial charge in [0, 0.05) is 12.1 Å². The summed E-state index contributed by atoms with van der Waals surface area (Å²) < 4.78 is 30.2. The molecule has 1 amide bonds. The van der Waals surface area contributed by atoms with Crippen LogP contribution >= 0.6 is 0 Å². The van der Waals surface area contributed by atoms with Gasteiger partial charge in [-0.15, -0.1) is 5.10 Å². The molecule has 1 aromatic heterocycles. The molecule has 2 heterocycles. The number of hydrogen-bond donors (Lipinski definition) is 0. The SMILES string of the molecule is CC[C@H](C)N(C(=O)COC(=O)c1ccc(-n2cnnn2)cc1)[C@H]1CCS(=O)(=O)C1. The summed E-state index contributed by atoms with van der Waals surface area (Å²) in [6.07, 6.45) is 2.51. The van der Waals surface area contributed by atoms with Crippen LogP contribution in [0.2, 0.25) is 0 Å². The third-order valence-electron chi connectivity index (χ3n) is 5.00. The van der Waals surface area contributed by atoms with E-state index in [1.165, 1.54) is 11.0 Å². The zero-order valence-electron chi connectivity index (χ0n) is 16.3. The number of esters is 1. The fourth-order valence-corrected chi connectivity index (χ4v) is 5.03. The lowest BCUT2D eigenvalue weighted by molar-refractivity contribution is -0.138. The monoisotopic (exact) mass is 421 g/mol. The van der Waals surface area contributed by atoms with E-state index in [1.807, 2.05) is 13.8 Å². The van der Waals surface area contributed by atoms with Crippen LogP contribution in [0.1, 0.15) is 37.0 Å². The third kappa shape index (κ3) is 4.97. The predicted molar refractivity (Wildman–Crippen MR) is 103 cm³/mol. The predicted octanol–water partition coefficient (Wildman–Crippen LogP) is 0.633. The van der Waals surface area contributed by atoms with E-state index in [1.54, 1.807) is 29.2 Å². The summed E-state index contributed by atoms with van der Waals surface area (Å²) >= 11 is 0. The van der Waals surface area contributed by atoms with Crippen LogP contribution in [-0.4, -0.2) is 75.6 Å². The smallest absolute Gasteiger partial charge is 0.338 e. The van der Waals surface area contributed by atoms with Gasteiger partial charge in [-0.3, -0.25) is 4.79 Å². The molecule has 1 saturated heterocycles. The maximum Gasteiger partial charge on any atom is 0.338 e. The normalized spacial score (nSPS) is 18.9. The van der Waals surface area contributed by atoms with Gasteiger partial charge in [0.05, 0.1) is 22.8 Å². The van der Waals surface area contributed by atoms with Gasteiger partial charge in [0.1, 0.15) is 6.33 Å². The minimum atomic E-state index is -3.13. The average Bonchev–Trinajstić information content (AvgIpc) is 3.36. The lowest BCUT2D eigenvalue weighted by Gasteiger charge is -2.33. The summed E-state index contributed by atoms with van der Waals surface area (Å²) in [5, 5.41) is 10.8. The Morgan fingerprint density at radius 2 is 2.03 bits per heavy atom. The summed E-state index contributed by atoms with van der Waals surface area (Å²) in [5.41, 5.74) is 0.959. The van der Waals surface area contributed by atoms with Gasteiger partial charge in [-0.05, 0) is 54.5 Å². The number of nitrogens with zero attached hydrogens (tertiary/aromatic N) is 5. The molecule has 1 aliphatic heterocycles. The number of tetrazole rings is 1. The lowest BCUT2D eigenvalue weighted by atomic mass is 10.1. The molecule has 2 aromatic rings. The number of aromatic nitrogens is 4. The molecule has 156 valence electrons. The number of amides is 1. The molecule has 0 spiro atoms. The van der Waals surface area contributed by atoms with Gasteiger partial charge in [0.15, 0.2) is 16.4 Å². The largest absolute Gasteiger partial charge is 0.452 e. The molecule has 29 heavy (non-hydrogen) atoms. The number of rotatable bonds is 7. The number of carbonyl (C=O) groups excluding carboxylic acids is 2. The summed E-state index contributed by atoms with van der Waals surface area (Å²) in [7, 11) is -3.13. The quantitative estimate of drug-likeness (QED) is 0.596. The van der Waals surface area contributed by atoms with Crippen molar-refractivity contribution in [2.45, 2.75) is 38.8 Å². The molecule has 3 rings (SSSR count). The first-order chi connectivity index (χ1) is 13.8. The Bertz CT molecular complexity index is 959. The summed E-state index contributed by atoms with van der Waals surface area (Å²) in [5.74, 6) is -0.995. The van der Waals surface area contributed by atoms with Crippen LogP contribution in [0.5, 0.6) is 0 Å². The van der Waals surface area contributed by atoms with Crippen LogP contribution in [0.15, 0.2) is 30.6 Å². The highest BCUT2D eigenvalue weighted by molar-refractivity contribution is 7.91. The Labute approximate surface area is 168 Å². The molecule has 11 heteroatoms. The lowest BCUT2D eigenvalue weighted by Crippen LogP contribution is -2.48. The maximum atomic E-state index is 12.7. The van der Waals surface area contributed by atoms with Crippen molar-refractivity contribution < 1.29 is 22.7 Å². The number of ether oxygens (including phenoxy) is 1. The highest BCUT2D eigenvalue weighted by Crippen LogP contribution is 2.21. The molecule has 2 atom stereocenters. The maximum absolute atomic E-state index is 12.7. The summed E-state index contributed by atoms with van der Waals surface area (Å²) in [6, 6.07) is 5.90. The summed E-state index contributed by atoms with van der Waals surface area (Å²) in [4.78, 5) is 26.6. The second-order valence-corrected chi connectivity index (χ2v) is 9.22. The van der Waals surface area contributed by atoms with Crippen molar-refractivity contribution >= 4 is 21.7 Å². The van der Waals surface area contributed by atoms with E-state index >= 15 is 0 Å². The van der Waals surface area contributed by atoms with Crippen molar-refractivity contribution in [2.75, 3.05) is 18.1 Å². The van der Waals surface area contributed by atoms with Gasteiger partial charge in [0.25, 0.3) is 5.91 Å². The van der Waals surface area contributed by atoms with Gasteiger partial charge < -0.3 is 9.64 Å². The van der Waals surface area contributed by atoms with Gasteiger partial charge in [-0.2, -0.15) is 0 Å². The van der Waals surface area contributed by atoms with Gasteiger partial charge in [-0.25, -0.2) is 17.9 Å². The Kier molecular flexibility index (Phi) is 6.26. The van der Waals surface area contributed by atoms with Crippen LogP contribution in [0.4, 0.5) is 0 Å². The molecule has 0 saturated carbocycles. The molecule has 1 fully saturated rings. The molecular weight excluding hydrogens is 398 g/mol. The molecule has 1 aliphatic rings.